The molecule has 0 spiro atoms. The predicted octanol–water partition coefficient (Wildman–Crippen LogP) is 1.06. The average molecular weight is 166 g/mol. The zero-order valence-electron chi connectivity index (χ0n) is 6.34. The van der Waals surface area contributed by atoms with Crippen LogP contribution in [-0.4, -0.2) is 16.7 Å². The van der Waals surface area contributed by atoms with Crippen molar-refractivity contribution in [1.82, 2.24) is 0 Å². The van der Waals surface area contributed by atoms with Crippen molar-refractivity contribution in [2.24, 2.45) is 5.73 Å². The van der Waals surface area contributed by atoms with E-state index in [0.29, 0.717) is 0 Å². The average Bonchev–Trinajstić information content (AvgIpc) is 1.78. The summed E-state index contributed by atoms with van der Waals surface area (Å²) in [4.78, 5) is 0. The number of aliphatic hydroxyl groups is 1. The standard InChI is InChI=1S/C7H15NO.ClH/c1-7(8)4-2-6(9)3-5-7;/h6,9H,2-5,8H2,1H3;1H/t6-,7-;. The molecule has 0 heterocycles. The Bertz CT molecular complexity index is 95.8. The van der Waals surface area contributed by atoms with Gasteiger partial charge in [0.1, 0.15) is 0 Å². The van der Waals surface area contributed by atoms with Crippen LogP contribution in [0.3, 0.4) is 0 Å². The second kappa shape index (κ2) is 3.56. The minimum absolute atomic E-state index is 0. The lowest BCUT2D eigenvalue weighted by molar-refractivity contribution is 0.102. The summed E-state index contributed by atoms with van der Waals surface area (Å²) in [7, 11) is 0. The Morgan fingerprint density at radius 2 is 1.80 bits per heavy atom. The summed E-state index contributed by atoms with van der Waals surface area (Å²) in [5, 5.41) is 9.09. The lowest BCUT2D eigenvalue weighted by atomic mass is 9.83. The Morgan fingerprint density at radius 3 is 2.10 bits per heavy atom. The maximum absolute atomic E-state index is 9.09. The van der Waals surface area contributed by atoms with E-state index in [0.717, 1.165) is 25.7 Å². The smallest absolute Gasteiger partial charge is 0.0541 e. The van der Waals surface area contributed by atoms with Crippen molar-refractivity contribution in [3.05, 3.63) is 0 Å². The molecule has 0 atom stereocenters. The zero-order valence-corrected chi connectivity index (χ0v) is 7.16. The first-order valence-corrected chi connectivity index (χ1v) is 3.57. The maximum Gasteiger partial charge on any atom is 0.0541 e. The first-order chi connectivity index (χ1) is 4.10. The molecular weight excluding hydrogens is 150 g/mol. The fraction of sp³-hybridized carbons (Fsp3) is 1.00. The molecule has 0 aliphatic heterocycles. The third kappa shape index (κ3) is 2.86. The van der Waals surface area contributed by atoms with Crippen LogP contribution in [-0.2, 0) is 0 Å². The third-order valence-corrected chi connectivity index (χ3v) is 2.10. The SMILES string of the molecule is C[C@]1(N)CC[C@H](O)CC1.Cl. The highest BCUT2D eigenvalue weighted by atomic mass is 35.5. The minimum atomic E-state index is -0.0818. The summed E-state index contributed by atoms with van der Waals surface area (Å²) in [5.41, 5.74) is 5.83. The van der Waals surface area contributed by atoms with Crippen LogP contribution in [0.2, 0.25) is 0 Å². The Morgan fingerprint density at radius 1 is 1.40 bits per heavy atom. The monoisotopic (exact) mass is 165 g/mol. The molecule has 3 heteroatoms. The van der Waals surface area contributed by atoms with Gasteiger partial charge in [0.15, 0.2) is 0 Å². The van der Waals surface area contributed by atoms with E-state index in [1.165, 1.54) is 0 Å². The number of hydrogen-bond donors (Lipinski definition) is 2. The molecule has 1 aliphatic rings. The molecule has 1 saturated carbocycles. The molecule has 0 aromatic carbocycles. The summed E-state index contributed by atoms with van der Waals surface area (Å²) in [6, 6.07) is 0. The Hall–Kier alpha value is 0.210. The number of halogens is 1. The molecule has 0 saturated heterocycles. The van der Waals surface area contributed by atoms with Crippen molar-refractivity contribution in [1.29, 1.82) is 0 Å². The fourth-order valence-electron chi connectivity index (χ4n) is 1.26. The molecule has 10 heavy (non-hydrogen) atoms. The van der Waals surface area contributed by atoms with Gasteiger partial charge in [0.05, 0.1) is 6.10 Å². The second-order valence-electron chi connectivity index (χ2n) is 3.39. The predicted molar refractivity (Wildman–Crippen MR) is 44.3 cm³/mol. The third-order valence-electron chi connectivity index (χ3n) is 2.10. The van der Waals surface area contributed by atoms with Gasteiger partial charge in [0, 0.05) is 5.54 Å². The largest absolute Gasteiger partial charge is 0.393 e. The Kier molecular flexibility index (Phi) is 3.63. The van der Waals surface area contributed by atoms with Crippen molar-refractivity contribution < 1.29 is 5.11 Å². The lowest BCUT2D eigenvalue weighted by Crippen LogP contribution is -2.41. The maximum atomic E-state index is 9.09. The van der Waals surface area contributed by atoms with Crippen molar-refractivity contribution >= 4 is 12.4 Å². The van der Waals surface area contributed by atoms with Gasteiger partial charge < -0.3 is 10.8 Å². The zero-order chi connectivity index (χ0) is 6.91. The summed E-state index contributed by atoms with van der Waals surface area (Å²) < 4.78 is 0. The molecule has 2 nitrogen and oxygen atoms in total. The summed E-state index contributed by atoms with van der Waals surface area (Å²) in [6.45, 7) is 2.05. The summed E-state index contributed by atoms with van der Waals surface area (Å²) >= 11 is 0. The molecule has 0 amide bonds. The molecule has 0 bridgehead atoms. The van der Waals surface area contributed by atoms with Crippen LogP contribution < -0.4 is 5.73 Å². The van der Waals surface area contributed by atoms with Crippen molar-refractivity contribution in [2.45, 2.75) is 44.2 Å². The molecule has 1 rings (SSSR count). The van der Waals surface area contributed by atoms with Gasteiger partial charge in [0.25, 0.3) is 0 Å². The summed E-state index contributed by atoms with van der Waals surface area (Å²) in [5.74, 6) is 0. The normalized spacial score (nSPS) is 40.5. The van der Waals surface area contributed by atoms with Gasteiger partial charge in [-0.3, -0.25) is 0 Å². The van der Waals surface area contributed by atoms with Gasteiger partial charge in [-0.25, -0.2) is 0 Å². The highest BCUT2D eigenvalue weighted by molar-refractivity contribution is 5.85. The topological polar surface area (TPSA) is 46.2 Å². The van der Waals surface area contributed by atoms with Crippen LogP contribution in [0.5, 0.6) is 0 Å². The van der Waals surface area contributed by atoms with E-state index in [4.69, 9.17) is 10.8 Å². The highest BCUT2D eigenvalue weighted by Gasteiger charge is 2.25. The van der Waals surface area contributed by atoms with Gasteiger partial charge >= 0.3 is 0 Å². The molecule has 3 N–H and O–H groups in total. The van der Waals surface area contributed by atoms with E-state index < -0.39 is 0 Å². The Balaban J connectivity index is 0.000000810. The van der Waals surface area contributed by atoms with Gasteiger partial charge in [-0.15, -0.1) is 12.4 Å². The van der Waals surface area contributed by atoms with Crippen molar-refractivity contribution in [3.63, 3.8) is 0 Å². The van der Waals surface area contributed by atoms with E-state index in [-0.39, 0.29) is 24.0 Å². The van der Waals surface area contributed by atoms with E-state index >= 15 is 0 Å². The molecule has 62 valence electrons. The van der Waals surface area contributed by atoms with E-state index in [1.54, 1.807) is 0 Å². The van der Waals surface area contributed by atoms with Crippen LogP contribution >= 0.6 is 12.4 Å². The highest BCUT2D eigenvalue weighted by Crippen LogP contribution is 2.25. The molecule has 0 aromatic heterocycles. The minimum Gasteiger partial charge on any atom is -0.393 e. The van der Waals surface area contributed by atoms with Crippen LogP contribution in [0, 0.1) is 0 Å². The molecule has 0 aromatic rings. The van der Waals surface area contributed by atoms with Crippen LogP contribution in [0.4, 0.5) is 0 Å². The van der Waals surface area contributed by atoms with Crippen molar-refractivity contribution in [2.75, 3.05) is 0 Å². The van der Waals surface area contributed by atoms with Gasteiger partial charge in [-0.1, -0.05) is 0 Å². The molecule has 1 aliphatic carbocycles. The van der Waals surface area contributed by atoms with Crippen LogP contribution in [0.25, 0.3) is 0 Å². The van der Waals surface area contributed by atoms with E-state index in [2.05, 4.69) is 6.92 Å². The number of aliphatic hydroxyl groups excluding tert-OH is 1. The molecule has 0 radical (unpaired) electrons. The summed E-state index contributed by atoms with van der Waals surface area (Å²) in [6.07, 6.45) is 3.61. The molecule has 1 fully saturated rings. The van der Waals surface area contributed by atoms with E-state index in [1.807, 2.05) is 0 Å². The van der Waals surface area contributed by atoms with E-state index in [9.17, 15) is 0 Å². The number of hydrogen-bond acceptors (Lipinski definition) is 2. The first kappa shape index (κ1) is 10.2. The molecule has 0 unspecified atom stereocenters. The van der Waals surface area contributed by atoms with Crippen LogP contribution in [0.1, 0.15) is 32.6 Å². The second-order valence-corrected chi connectivity index (χ2v) is 3.39. The van der Waals surface area contributed by atoms with Crippen LogP contribution in [0.15, 0.2) is 0 Å². The van der Waals surface area contributed by atoms with Gasteiger partial charge in [-0.2, -0.15) is 0 Å². The quantitative estimate of drug-likeness (QED) is 0.564. The lowest BCUT2D eigenvalue weighted by Gasteiger charge is -2.31. The number of rotatable bonds is 0. The van der Waals surface area contributed by atoms with Gasteiger partial charge in [0.2, 0.25) is 0 Å². The van der Waals surface area contributed by atoms with Crippen molar-refractivity contribution in [3.8, 4) is 0 Å². The van der Waals surface area contributed by atoms with Gasteiger partial charge in [-0.05, 0) is 32.6 Å². The first-order valence-electron chi connectivity index (χ1n) is 3.57. The molecular formula is C7H16ClNO. The number of nitrogens with two attached hydrogens (primary N) is 1. The fourth-order valence-corrected chi connectivity index (χ4v) is 1.26. The Labute approximate surface area is 68.2 Å².